The van der Waals surface area contributed by atoms with E-state index in [1.807, 2.05) is 0 Å². The number of hydrogen-bond acceptors (Lipinski definition) is 2. The minimum Gasteiger partial charge on any atom is -0.229 e. The Kier molecular flexibility index (Phi) is 1.76. The molecule has 0 atom stereocenters. The van der Waals surface area contributed by atoms with Crippen molar-refractivity contribution in [3.8, 4) is 0 Å². The van der Waals surface area contributed by atoms with E-state index >= 15 is 0 Å². The molecule has 0 amide bonds. The van der Waals surface area contributed by atoms with Crippen LogP contribution in [0.3, 0.4) is 0 Å². The van der Waals surface area contributed by atoms with Crippen LogP contribution in [0.25, 0.3) is 0 Å². The maximum Gasteiger partial charge on any atom is 0.151 e. The lowest BCUT2D eigenvalue weighted by Crippen LogP contribution is -2.50. The summed E-state index contributed by atoms with van der Waals surface area (Å²) in [7, 11) is -2.61. The van der Waals surface area contributed by atoms with E-state index in [9.17, 15) is 8.42 Å². The standard InChI is InChI=1S/C9H16O2S/c1-8-2-4-9(5-3-8)6-12(10,11)7-9/h8H,2-7H2,1H3. The molecule has 0 aromatic rings. The van der Waals surface area contributed by atoms with Crippen LogP contribution < -0.4 is 0 Å². The van der Waals surface area contributed by atoms with Crippen LogP contribution in [0.5, 0.6) is 0 Å². The highest BCUT2D eigenvalue weighted by atomic mass is 32.2. The minimum atomic E-state index is -2.61. The summed E-state index contributed by atoms with van der Waals surface area (Å²) < 4.78 is 22.1. The van der Waals surface area contributed by atoms with E-state index in [0.29, 0.717) is 11.5 Å². The fourth-order valence-electron chi connectivity index (χ4n) is 2.55. The SMILES string of the molecule is CC1CCC2(CC1)CS(=O)(=O)C2. The van der Waals surface area contributed by atoms with E-state index in [4.69, 9.17) is 0 Å². The van der Waals surface area contributed by atoms with Crippen LogP contribution in [0.15, 0.2) is 0 Å². The van der Waals surface area contributed by atoms with Crippen LogP contribution in [0, 0.1) is 11.3 Å². The van der Waals surface area contributed by atoms with E-state index in [-0.39, 0.29) is 5.41 Å². The molecule has 12 heavy (non-hydrogen) atoms. The molecular weight excluding hydrogens is 172 g/mol. The Labute approximate surface area is 74.3 Å². The monoisotopic (exact) mass is 188 g/mol. The first-order chi connectivity index (χ1) is 5.52. The van der Waals surface area contributed by atoms with E-state index in [1.165, 1.54) is 12.8 Å². The van der Waals surface area contributed by atoms with Crippen LogP contribution >= 0.6 is 0 Å². The van der Waals surface area contributed by atoms with E-state index in [1.54, 1.807) is 0 Å². The topological polar surface area (TPSA) is 34.1 Å². The van der Waals surface area contributed by atoms with E-state index in [0.717, 1.165) is 18.8 Å². The highest BCUT2D eigenvalue weighted by Gasteiger charge is 2.49. The van der Waals surface area contributed by atoms with Gasteiger partial charge in [-0.25, -0.2) is 8.42 Å². The molecule has 1 saturated heterocycles. The molecule has 2 fully saturated rings. The number of hydrogen-bond donors (Lipinski definition) is 0. The van der Waals surface area contributed by atoms with Crippen LogP contribution in [-0.2, 0) is 9.84 Å². The Morgan fingerprint density at radius 3 is 2.08 bits per heavy atom. The molecule has 1 saturated carbocycles. The van der Waals surface area contributed by atoms with Gasteiger partial charge < -0.3 is 0 Å². The lowest BCUT2D eigenvalue weighted by atomic mass is 9.73. The van der Waals surface area contributed by atoms with Crippen molar-refractivity contribution in [1.82, 2.24) is 0 Å². The number of rotatable bonds is 0. The van der Waals surface area contributed by atoms with Crippen molar-refractivity contribution < 1.29 is 8.42 Å². The van der Waals surface area contributed by atoms with Crippen LogP contribution in [0.1, 0.15) is 32.6 Å². The summed E-state index contributed by atoms with van der Waals surface area (Å²) in [5, 5.41) is 0. The maximum atomic E-state index is 11.0. The van der Waals surface area contributed by atoms with Gasteiger partial charge in [0.1, 0.15) is 0 Å². The molecule has 1 aliphatic carbocycles. The molecule has 70 valence electrons. The smallest absolute Gasteiger partial charge is 0.151 e. The molecule has 0 aromatic heterocycles. The first kappa shape index (κ1) is 8.54. The quantitative estimate of drug-likeness (QED) is 0.579. The molecule has 0 bridgehead atoms. The lowest BCUT2D eigenvalue weighted by molar-refractivity contribution is 0.188. The van der Waals surface area contributed by atoms with Crippen molar-refractivity contribution in [3.63, 3.8) is 0 Å². The zero-order valence-corrected chi connectivity index (χ0v) is 8.36. The lowest BCUT2D eigenvalue weighted by Gasteiger charge is -2.45. The average molecular weight is 188 g/mol. The second-order valence-corrected chi connectivity index (χ2v) is 6.78. The molecule has 0 unspecified atom stereocenters. The highest BCUT2D eigenvalue weighted by Crippen LogP contribution is 2.46. The zero-order chi connectivity index (χ0) is 8.82. The second-order valence-electron chi connectivity index (χ2n) is 4.71. The molecule has 0 N–H and O–H groups in total. The molecule has 0 aromatic carbocycles. The Hall–Kier alpha value is -0.0500. The first-order valence-corrected chi connectivity index (χ1v) is 6.54. The third-order valence-electron chi connectivity index (χ3n) is 3.39. The summed E-state index contributed by atoms with van der Waals surface area (Å²) in [6, 6.07) is 0. The zero-order valence-electron chi connectivity index (χ0n) is 7.54. The molecule has 2 rings (SSSR count). The summed E-state index contributed by atoms with van der Waals surface area (Å²) >= 11 is 0. The van der Waals surface area contributed by atoms with Crippen molar-refractivity contribution in [2.45, 2.75) is 32.6 Å². The van der Waals surface area contributed by atoms with Gasteiger partial charge in [-0.2, -0.15) is 0 Å². The summed E-state index contributed by atoms with van der Waals surface area (Å²) in [5.41, 5.74) is 0.228. The van der Waals surface area contributed by atoms with Crippen LogP contribution in [-0.4, -0.2) is 19.9 Å². The van der Waals surface area contributed by atoms with Crippen molar-refractivity contribution in [2.24, 2.45) is 11.3 Å². The van der Waals surface area contributed by atoms with Gasteiger partial charge in [0.05, 0.1) is 11.5 Å². The van der Waals surface area contributed by atoms with Gasteiger partial charge in [0.25, 0.3) is 0 Å². The van der Waals surface area contributed by atoms with Gasteiger partial charge in [-0.1, -0.05) is 19.8 Å². The van der Waals surface area contributed by atoms with Crippen molar-refractivity contribution >= 4 is 9.84 Å². The van der Waals surface area contributed by atoms with Gasteiger partial charge >= 0.3 is 0 Å². The summed E-state index contributed by atoms with van der Waals surface area (Å²) in [6.07, 6.45) is 4.76. The van der Waals surface area contributed by atoms with Gasteiger partial charge in [0, 0.05) is 0 Å². The predicted octanol–water partition coefficient (Wildman–Crippen LogP) is 1.61. The third kappa shape index (κ3) is 1.39. The highest BCUT2D eigenvalue weighted by molar-refractivity contribution is 7.92. The molecule has 1 spiro atoms. The Balaban J connectivity index is 2.00. The van der Waals surface area contributed by atoms with Crippen LogP contribution in [0.4, 0.5) is 0 Å². The second kappa shape index (κ2) is 2.47. The van der Waals surface area contributed by atoms with Gasteiger partial charge in [-0.15, -0.1) is 0 Å². The molecule has 2 nitrogen and oxygen atoms in total. The largest absolute Gasteiger partial charge is 0.229 e. The maximum absolute atomic E-state index is 11.0. The molecule has 3 heteroatoms. The normalized spacial score (nSPS) is 33.1. The molecule has 1 aliphatic heterocycles. The first-order valence-electron chi connectivity index (χ1n) is 4.72. The molecule has 1 heterocycles. The van der Waals surface area contributed by atoms with Gasteiger partial charge in [-0.3, -0.25) is 0 Å². The Bertz CT molecular complexity index is 257. The Morgan fingerprint density at radius 2 is 1.67 bits per heavy atom. The van der Waals surface area contributed by atoms with Gasteiger partial charge in [0.2, 0.25) is 0 Å². The van der Waals surface area contributed by atoms with E-state index in [2.05, 4.69) is 6.92 Å². The number of sulfone groups is 1. The Morgan fingerprint density at radius 1 is 1.17 bits per heavy atom. The minimum absolute atomic E-state index is 0.228. The molecule has 0 radical (unpaired) electrons. The van der Waals surface area contributed by atoms with Crippen molar-refractivity contribution in [1.29, 1.82) is 0 Å². The average Bonchev–Trinajstić information content (AvgIpc) is 1.91. The summed E-state index contributed by atoms with van der Waals surface area (Å²) in [4.78, 5) is 0. The van der Waals surface area contributed by atoms with E-state index < -0.39 is 9.84 Å². The van der Waals surface area contributed by atoms with Gasteiger partial charge in [-0.05, 0) is 24.2 Å². The summed E-state index contributed by atoms with van der Waals surface area (Å²) in [5.74, 6) is 1.78. The van der Waals surface area contributed by atoms with Crippen molar-refractivity contribution in [3.05, 3.63) is 0 Å². The fourth-order valence-corrected chi connectivity index (χ4v) is 4.91. The molecule has 2 aliphatic rings. The fraction of sp³-hybridized carbons (Fsp3) is 1.00. The third-order valence-corrected chi connectivity index (χ3v) is 5.49. The summed E-state index contributed by atoms with van der Waals surface area (Å²) in [6.45, 7) is 2.26. The molecular formula is C9H16O2S. The predicted molar refractivity (Wildman–Crippen MR) is 48.7 cm³/mol. The van der Waals surface area contributed by atoms with Crippen molar-refractivity contribution in [2.75, 3.05) is 11.5 Å². The van der Waals surface area contributed by atoms with Gasteiger partial charge in [0.15, 0.2) is 9.84 Å². The van der Waals surface area contributed by atoms with Crippen LogP contribution in [0.2, 0.25) is 0 Å².